The second kappa shape index (κ2) is 5.12. The van der Waals surface area contributed by atoms with Gasteiger partial charge in [-0.25, -0.2) is 0 Å². The number of nitrogens with zero attached hydrogens (tertiary/aromatic N) is 2. The van der Waals surface area contributed by atoms with Gasteiger partial charge in [0.25, 0.3) is 0 Å². The van der Waals surface area contributed by atoms with Crippen molar-refractivity contribution in [2.24, 2.45) is 5.41 Å². The van der Waals surface area contributed by atoms with E-state index in [-0.39, 0.29) is 17.9 Å². The number of hydrogen-bond donors (Lipinski definition) is 1. The van der Waals surface area contributed by atoms with Gasteiger partial charge < -0.3 is 14.9 Å². The fourth-order valence-electron chi connectivity index (χ4n) is 2.85. The van der Waals surface area contributed by atoms with E-state index in [1.54, 1.807) is 9.80 Å². The van der Waals surface area contributed by atoms with Gasteiger partial charge in [-0.2, -0.15) is 0 Å². The minimum Gasteiger partial charge on any atom is -0.391 e. The Morgan fingerprint density at radius 3 is 2.37 bits per heavy atom. The van der Waals surface area contributed by atoms with Crippen molar-refractivity contribution in [3.63, 3.8) is 0 Å². The minimum absolute atomic E-state index is 0.00616. The van der Waals surface area contributed by atoms with Crippen molar-refractivity contribution in [3.05, 3.63) is 0 Å². The molecule has 1 N–H and O–H groups in total. The summed E-state index contributed by atoms with van der Waals surface area (Å²) in [6.45, 7) is 7.34. The highest BCUT2D eigenvalue weighted by molar-refractivity contribution is 5.90. The molecule has 5 heteroatoms. The molecule has 2 rings (SSSR count). The molecule has 2 aliphatic heterocycles. The summed E-state index contributed by atoms with van der Waals surface area (Å²) < 4.78 is 0. The molecule has 0 saturated carbocycles. The van der Waals surface area contributed by atoms with E-state index in [0.717, 1.165) is 12.8 Å². The van der Waals surface area contributed by atoms with Crippen molar-refractivity contribution < 1.29 is 14.7 Å². The summed E-state index contributed by atoms with van der Waals surface area (Å²) in [5.74, 6) is 0.0507. The fraction of sp³-hybridized carbons (Fsp3) is 0.857. The third-order valence-corrected chi connectivity index (χ3v) is 3.92. The van der Waals surface area contributed by atoms with Gasteiger partial charge in [-0.15, -0.1) is 0 Å². The average Bonchev–Trinajstić information content (AvgIpc) is 2.94. The normalized spacial score (nSPS) is 28.0. The monoisotopic (exact) mass is 268 g/mol. The summed E-state index contributed by atoms with van der Waals surface area (Å²) in [6.07, 6.45) is 1.87. The molecule has 108 valence electrons. The van der Waals surface area contributed by atoms with Crippen LogP contribution in [0.2, 0.25) is 0 Å². The van der Waals surface area contributed by atoms with Crippen LogP contribution in [0.25, 0.3) is 0 Å². The molecular weight excluding hydrogens is 244 g/mol. The van der Waals surface area contributed by atoms with Gasteiger partial charge in [0, 0.05) is 25.0 Å². The highest BCUT2D eigenvalue weighted by atomic mass is 16.3. The van der Waals surface area contributed by atoms with E-state index in [4.69, 9.17) is 0 Å². The maximum Gasteiger partial charge on any atom is 0.245 e. The van der Waals surface area contributed by atoms with E-state index >= 15 is 0 Å². The van der Waals surface area contributed by atoms with Crippen LogP contribution in [-0.2, 0) is 9.59 Å². The van der Waals surface area contributed by atoms with Crippen LogP contribution in [0.5, 0.6) is 0 Å². The molecule has 19 heavy (non-hydrogen) atoms. The van der Waals surface area contributed by atoms with Gasteiger partial charge in [0.05, 0.1) is 6.10 Å². The molecule has 0 aromatic carbocycles. The first-order valence-corrected chi connectivity index (χ1v) is 7.08. The molecule has 0 spiro atoms. The zero-order chi connectivity index (χ0) is 14.2. The topological polar surface area (TPSA) is 60.9 Å². The number of aliphatic hydroxyl groups excluding tert-OH is 1. The first kappa shape index (κ1) is 14.3. The molecular formula is C14H24N2O3. The van der Waals surface area contributed by atoms with Crippen molar-refractivity contribution in [2.45, 2.75) is 52.2 Å². The van der Waals surface area contributed by atoms with Gasteiger partial charge in [-0.05, 0) is 19.3 Å². The van der Waals surface area contributed by atoms with E-state index in [1.165, 1.54) is 0 Å². The highest BCUT2D eigenvalue weighted by Gasteiger charge is 2.41. The molecule has 2 atom stereocenters. The van der Waals surface area contributed by atoms with Crippen molar-refractivity contribution in [3.8, 4) is 0 Å². The standard InChI is InChI=1S/C14H24N2O3/c1-14(2,3)13(19)16-7-4-5-11(16)12(18)15-8-6-10(17)9-15/h10-11,17H,4-9H2,1-3H3/t10-,11?/m1/s1. The Bertz CT molecular complexity index is 375. The molecule has 0 radical (unpaired) electrons. The third-order valence-electron chi connectivity index (χ3n) is 3.92. The lowest BCUT2D eigenvalue weighted by molar-refractivity contribution is -0.148. The van der Waals surface area contributed by atoms with Crippen molar-refractivity contribution >= 4 is 11.8 Å². The van der Waals surface area contributed by atoms with Gasteiger partial charge in [-0.3, -0.25) is 9.59 Å². The molecule has 2 fully saturated rings. The largest absolute Gasteiger partial charge is 0.391 e. The number of carbonyl (C=O) groups is 2. The summed E-state index contributed by atoms with van der Waals surface area (Å²) in [5, 5.41) is 9.52. The van der Waals surface area contributed by atoms with Crippen molar-refractivity contribution in [1.82, 2.24) is 9.80 Å². The van der Waals surface area contributed by atoms with E-state index in [0.29, 0.717) is 26.1 Å². The second-order valence-electron chi connectivity index (χ2n) is 6.63. The molecule has 2 heterocycles. The van der Waals surface area contributed by atoms with Crippen LogP contribution in [0.4, 0.5) is 0 Å². The van der Waals surface area contributed by atoms with Crippen LogP contribution in [0.15, 0.2) is 0 Å². The number of carbonyl (C=O) groups excluding carboxylic acids is 2. The Kier molecular flexibility index (Phi) is 3.85. The van der Waals surface area contributed by atoms with E-state index < -0.39 is 11.5 Å². The smallest absolute Gasteiger partial charge is 0.245 e. The van der Waals surface area contributed by atoms with Crippen molar-refractivity contribution in [1.29, 1.82) is 0 Å². The third kappa shape index (κ3) is 2.91. The Morgan fingerprint density at radius 2 is 1.84 bits per heavy atom. The molecule has 2 amide bonds. The summed E-state index contributed by atoms with van der Waals surface area (Å²) in [6, 6.07) is -0.322. The van der Waals surface area contributed by atoms with E-state index in [9.17, 15) is 14.7 Å². The predicted octanol–water partition coefficient (Wildman–Crippen LogP) is 0.617. The fourth-order valence-corrected chi connectivity index (χ4v) is 2.85. The molecule has 0 aromatic rings. The lowest BCUT2D eigenvalue weighted by atomic mass is 9.94. The number of hydrogen-bond acceptors (Lipinski definition) is 3. The molecule has 2 saturated heterocycles. The summed E-state index contributed by atoms with van der Waals surface area (Å²) >= 11 is 0. The summed E-state index contributed by atoms with van der Waals surface area (Å²) in [7, 11) is 0. The molecule has 5 nitrogen and oxygen atoms in total. The maximum absolute atomic E-state index is 12.5. The van der Waals surface area contributed by atoms with Crippen LogP contribution in [-0.4, -0.2) is 58.5 Å². The molecule has 0 aliphatic carbocycles. The van der Waals surface area contributed by atoms with E-state index in [1.807, 2.05) is 20.8 Å². The predicted molar refractivity (Wildman–Crippen MR) is 71.4 cm³/mol. The Hall–Kier alpha value is -1.10. The van der Waals surface area contributed by atoms with Gasteiger partial charge in [0.1, 0.15) is 6.04 Å². The van der Waals surface area contributed by atoms with Crippen LogP contribution in [0.3, 0.4) is 0 Å². The second-order valence-corrected chi connectivity index (χ2v) is 6.63. The number of β-amino-alcohol motifs (C(OH)–C–C–N with tert-alkyl or cyclic N) is 1. The molecule has 2 aliphatic rings. The minimum atomic E-state index is -0.451. The zero-order valence-electron chi connectivity index (χ0n) is 12.1. The zero-order valence-corrected chi connectivity index (χ0v) is 12.1. The highest BCUT2D eigenvalue weighted by Crippen LogP contribution is 2.27. The summed E-state index contributed by atoms with van der Waals surface area (Å²) in [4.78, 5) is 28.2. The van der Waals surface area contributed by atoms with Gasteiger partial charge >= 0.3 is 0 Å². The van der Waals surface area contributed by atoms with Gasteiger partial charge in [0.15, 0.2) is 0 Å². The van der Waals surface area contributed by atoms with Gasteiger partial charge in [0.2, 0.25) is 11.8 Å². The molecule has 1 unspecified atom stereocenters. The van der Waals surface area contributed by atoms with E-state index in [2.05, 4.69) is 0 Å². The van der Waals surface area contributed by atoms with Crippen LogP contribution >= 0.6 is 0 Å². The summed E-state index contributed by atoms with van der Waals surface area (Å²) in [5.41, 5.74) is -0.451. The molecule has 0 bridgehead atoms. The van der Waals surface area contributed by atoms with Crippen LogP contribution in [0, 0.1) is 5.41 Å². The van der Waals surface area contributed by atoms with Crippen LogP contribution < -0.4 is 0 Å². The van der Waals surface area contributed by atoms with Crippen LogP contribution in [0.1, 0.15) is 40.0 Å². The average molecular weight is 268 g/mol. The Morgan fingerprint density at radius 1 is 1.16 bits per heavy atom. The quantitative estimate of drug-likeness (QED) is 0.758. The Balaban J connectivity index is 2.06. The lowest BCUT2D eigenvalue weighted by Gasteiger charge is -2.32. The van der Waals surface area contributed by atoms with Crippen molar-refractivity contribution in [2.75, 3.05) is 19.6 Å². The molecule has 0 aromatic heterocycles. The number of aliphatic hydroxyl groups is 1. The Labute approximate surface area is 114 Å². The maximum atomic E-state index is 12.5. The first-order valence-electron chi connectivity index (χ1n) is 7.08. The SMILES string of the molecule is CC(C)(C)C(=O)N1CCCC1C(=O)N1CC[C@@H](O)C1. The first-order chi connectivity index (χ1) is 8.80. The number of rotatable bonds is 1. The number of amides is 2. The van der Waals surface area contributed by atoms with Gasteiger partial charge in [-0.1, -0.05) is 20.8 Å². The number of likely N-dealkylation sites (tertiary alicyclic amines) is 2. The lowest BCUT2D eigenvalue weighted by Crippen LogP contribution is -2.50.